The zero-order valence-electron chi connectivity index (χ0n) is 11.8. The second kappa shape index (κ2) is 6.40. The number of nitrogens with one attached hydrogen (secondary N) is 1. The summed E-state index contributed by atoms with van der Waals surface area (Å²) in [6.07, 6.45) is 1.19. The standard InChI is InChI=1S/C14H14FN3O.K/c1-9-5-10-3-4-11(6-13(10)17-9)19-8-14-12(15)7-16-18(14)2;/h3-7,17H,8H2,1-2H3;. The van der Waals surface area contributed by atoms with Gasteiger partial charge in [-0.1, -0.05) is 0 Å². The van der Waals surface area contributed by atoms with Gasteiger partial charge < -0.3 is 9.72 Å². The van der Waals surface area contributed by atoms with Crippen LogP contribution in [0.15, 0.2) is 30.5 Å². The van der Waals surface area contributed by atoms with Gasteiger partial charge in [0.2, 0.25) is 0 Å². The van der Waals surface area contributed by atoms with Crippen molar-refractivity contribution in [1.29, 1.82) is 0 Å². The van der Waals surface area contributed by atoms with Crippen molar-refractivity contribution in [2.75, 3.05) is 0 Å². The molecule has 0 aliphatic rings. The maximum Gasteiger partial charge on any atom is 0.167 e. The van der Waals surface area contributed by atoms with E-state index in [9.17, 15) is 4.39 Å². The molecular formula is C14H14FKN3O. The number of aryl methyl sites for hydroxylation is 2. The smallest absolute Gasteiger partial charge is 0.167 e. The number of benzene rings is 1. The summed E-state index contributed by atoms with van der Waals surface area (Å²) in [6, 6.07) is 7.84. The first kappa shape index (κ1) is 15.7. The van der Waals surface area contributed by atoms with Gasteiger partial charge in [-0.05, 0) is 30.5 Å². The summed E-state index contributed by atoms with van der Waals surface area (Å²) in [5.74, 6) is 0.356. The zero-order valence-corrected chi connectivity index (χ0v) is 14.9. The molecule has 0 aliphatic carbocycles. The molecule has 2 heterocycles. The molecule has 0 atom stereocenters. The van der Waals surface area contributed by atoms with Crippen LogP contribution in [0.1, 0.15) is 11.4 Å². The predicted octanol–water partition coefficient (Wildman–Crippen LogP) is 2.55. The molecule has 0 aliphatic heterocycles. The summed E-state index contributed by atoms with van der Waals surface area (Å²) in [7, 11) is 1.69. The normalized spacial score (nSPS) is 10.6. The number of hydrogen-bond donors (Lipinski definition) is 1. The van der Waals surface area contributed by atoms with Crippen molar-refractivity contribution in [3.63, 3.8) is 0 Å². The number of rotatable bonds is 3. The van der Waals surface area contributed by atoms with E-state index in [4.69, 9.17) is 4.74 Å². The number of H-pyrrole nitrogens is 1. The minimum absolute atomic E-state index is 0. The predicted molar refractivity (Wildman–Crippen MR) is 76.3 cm³/mol. The Kier molecular flexibility index (Phi) is 5.03. The molecule has 1 N–H and O–H groups in total. The molecule has 3 aromatic rings. The first-order valence-electron chi connectivity index (χ1n) is 6.02. The fraction of sp³-hybridized carbons (Fsp3) is 0.214. The van der Waals surface area contributed by atoms with Gasteiger partial charge in [-0.25, -0.2) is 4.39 Å². The minimum atomic E-state index is -0.348. The van der Waals surface area contributed by atoms with Crippen LogP contribution in [0.3, 0.4) is 0 Å². The van der Waals surface area contributed by atoms with Gasteiger partial charge in [0.15, 0.2) is 5.82 Å². The van der Waals surface area contributed by atoms with Crippen LogP contribution in [0.25, 0.3) is 10.9 Å². The van der Waals surface area contributed by atoms with Crippen molar-refractivity contribution in [2.24, 2.45) is 7.05 Å². The van der Waals surface area contributed by atoms with Crippen LogP contribution < -0.4 is 4.74 Å². The number of aromatic nitrogens is 3. The zero-order chi connectivity index (χ0) is 13.4. The van der Waals surface area contributed by atoms with E-state index in [1.165, 1.54) is 10.9 Å². The maximum atomic E-state index is 13.4. The van der Waals surface area contributed by atoms with Crippen molar-refractivity contribution in [1.82, 2.24) is 14.8 Å². The van der Waals surface area contributed by atoms with Crippen LogP contribution in [0.2, 0.25) is 0 Å². The Bertz CT molecular complexity index is 716. The third-order valence-corrected chi connectivity index (χ3v) is 3.11. The second-order valence-electron chi connectivity index (χ2n) is 4.55. The van der Waals surface area contributed by atoms with Gasteiger partial charge in [0.1, 0.15) is 18.1 Å². The second-order valence-corrected chi connectivity index (χ2v) is 4.55. The Balaban J connectivity index is 0.00000147. The van der Waals surface area contributed by atoms with E-state index in [-0.39, 0.29) is 63.8 Å². The van der Waals surface area contributed by atoms with Gasteiger partial charge in [0.25, 0.3) is 0 Å². The summed E-state index contributed by atoms with van der Waals surface area (Å²) in [4.78, 5) is 3.24. The van der Waals surface area contributed by atoms with Crippen molar-refractivity contribution in [3.05, 3.63) is 47.7 Å². The first-order valence-corrected chi connectivity index (χ1v) is 6.02. The Labute approximate surface area is 158 Å². The summed E-state index contributed by atoms with van der Waals surface area (Å²) in [5.41, 5.74) is 2.55. The van der Waals surface area contributed by atoms with Gasteiger partial charge in [-0.3, -0.25) is 4.68 Å². The number of aromatic amines is 1. The van der Waals surface area contributed by atoms with E-state index in [1.54, 1.807) is 7.05 Å². The van der Waals surface area contributed by atoms with Gasteiger partial charge in [-0.15, -0.1) is 0 Å². The number of nitrogens with zero attached hydrogens (tertiary/aromatic N) is 2. The molecule has 20 heavy (non-hydrogen) atoms. The SMILES string of the molecule is Cc1cc2ccc(OCc3c(F)cnn3C)cc2[nH]1.[K]. The van der Waals surface area contributed by atoms with E-state index in [0.29, 0.717) is 11.4 Å². The number of halogens is 1. The van der Waals surface area contributed by atoms with Crippen molar-refractivity contribution >= 4 is 62.3 Å². The van der Waals surface area contributed by atoms with Gasteiger partial charge in [0, 0.05) is 75.7 Å². The molecule has 3 rings (SSSR count). The van der Waals surface area contributed by atoms with Crippen LogP contribution in [0, 0.1) is 12.7 Å². The third-order valence-electron chi connectivity index (χ3n) is 3.11. The van der Waals surface area contributed by atoms with E-state index >= 15 is 0 Å². The fourth-order valence-corrected chi connectivity index (χ4v) is 2.09. The summed E-state index contributed by atoms with van der Waals surface area (Å²) in [5, 5.41) is 4.97. The minimum Gasteiger partial charge on any atom is -0.487 e. The fourth-order valence-electron chi connectivity index (χ4n) is 2.09. The average molecular weight is 298 g/mol. The molecule has 2 aromatic heterocycles. The molecule has 4 nitrogen and oxygen atoms in total. The Morgan fingerprint density at radius 3 is 2.85 bits per heavy atom. The average Bonchev–Trinajstić information content (AvgIpc) is 2.89. The molecule has 0 amide bonds. The van der Waals surface area contributed by atoms with Crippen LogP contribution in [-0.4, -0.2) is 66.1 Å². The third kappa shape index (κ3) is 3.15. The molecule has 6 heteroatoms. The van der Waals surface area contributed by atoms with Crippen molar-refractivity contribution in [3.8, 4) is 5.75 Å². The number of fused-ring (bicyclic) bond motifs is 1. The van der Waals surface area contributed by atoms with Crippen LogP contribution >= 0.6 is 0 Å². The van der Waals surface area contributed by atoms with Gasteiger partial charge in [0.05, 0.1) is 6.20 Å². The molecule has 0 fully saturated rings. The van der Waals surface area contributed by atoms with E-state index in [0.717, 1.165) is 16.6 Å². The molecule has 0 saturated carbocycles. The molecule has 0 spiro atoms. The Hall–Kier alpha value is -0.664. The number of ether oxygens (including phenoxy) is 1. The molecule has 99 valence electrons. The molecule has 1 aromatic carbocycles. The van der Waals surface area contributed by atoms with E-state index in [1.807, 2.05) is 25.1 Å². The van der Waals surface area contributed by atoms with E-state index in [2.05, 4.69) is 16.1 Å². The van der Waals surface area contributed by atoms with Gasteiger partial charge >= 0.3 is 0 Å². The Morgan fingerprint density at radius 2 is 2.15 bits per heavy atom. The first-order chi connectivity index (χ1) is 9.13. The quantitative estimate of drug-likeness (QED) is 0.755. The summed E-state index contributed by atoms with van der Waals surface area (Å²) >= 11 is 0. The van der Waals surface area contributed by atoms with Gasteiger partial charge in [-0.2, -0.15) is 5.10 Å². The number of hydrogen-bond acceptors (Lipinski definition) is 2. The van der Waals surface area contributed by atoms with Crippen molar-refractivity contribution < 1.29 is 9.13 Å². The van der Waals surface area contributed by atoms with Crippen LogP contribution in [0.5, 0.6) is 5.75 Å². The molecule has 0 unspecified atom stereocenters. The molecule has 1 radical (unpaired) electrons. The molecule has 0 saturated heterocycles. The Morgan fingerprint density at radius 1 is 1.35 bits per heavy atom. The largest absolute Gasteiger partial charge is 0.487 e. The topological polar surface area (TPSA) is 42.8 Å². The summed E-state index contributed by atoms with van der Waals surface area (Å²) in [6.45, 7) is 2.17. The molecule has 0 bridgehead atoms. The molecular weight excluding hydrogens is 284 g/mol. The van der Waals surface area contributed by atoms with Crippen LogP contribution in [-0.2, 0) is 13.7 Å². The van der Waals surface area contributed by atoms with E-state index < -0.39 is 0 Å². The maximum absolute atomic E-state index is 13.4. The monoisotopic (exact) mass is 298 g/mol. The summed E-state index contributed by atoms with van der Waals surface area (Å²) < 4.78 is 20.5. The van der Waals surface area contributed by atoms with Crippen molar-refractivity contribution in [2.45, 2.75) is 13.5 Å². The van der Waals surface area contributed by atoms with Crippen LogP contribution in [0.4, 0.5) is 4.39 Å².